The zero-order chi connectivity index (χ0) is 16.7. The minimum absolute atomic E-state index is 0.0465. The number of H-pyrrole nitrogens is 1. The van der Waals surface area contributed by atoms with Crippen molar-refractivity contribution < 1.29 is 19.4 Å². The van der Waals surface area contributed by atoms with Gasteiger partial charge in [-0.05, 0) is 24.1 Å². The Morgan fingerprint density at radius 3 is 3.17 bits per heavy atom. The molecule has 2 N–H and O–H groups in total. The molecule has 24 heavy (non-hydrogen) atoms. The van der Waals surface area contributed by atoms with Crippen molar-refractivity contribution in [2.45, 2.75) is 12.8 Å². The average Bonchev–Trinajstić information content (AvgIpc) is 3.17. The number of hydrogen-bond donors (Lipinski definition) is 2. The number of likely N-dealkylation sites (tertiary alicyclic amines) is 1. The van der Waals surface area contributed by atoms with Gasteiger partial charge < -0.3 is 19.7 Å². The van der Waals surface area contributed by atoms with Crippen molar-refractivity contribution >= 4 is 22.9 Å². The largest absolute Gasteiger partial charge is 0.481 e. The topological polar surface area (TPSA) is 95.5 Å². The highest BCUT2D eigenvalue weighted by Crippen LogP contribution is 2.42. The molecule has 2 aromatic rings. The molecule has 7 heteroatoms. The lowest BCUT2D eigenvalue weighted by Crippen LogP contribution is -2.45. The van der Waals surface area contributed by atoms with E-state index >= 15 is 0 Å². The summed E-state index contributed by atoms with van der Waals surface area (Å²) in [6.07, 6.45) is 4.21. The Morgan fingerprint density at radius 1 is 1.50 bits per heavy atom. The molecule has 2 saturated heterocycles. The lowest BCUT2D eigenvalue weighted by molar-refractivity contribution is -0.157. The predicted octanol–water partition coefficient (Wildman–Crippen LogP) is 1.06. The minimum Gasteiger partial charge on any atom is -0.481 e. The van der Waals surface area contributed by atoms with Crippen molar-refractivity contribution in [3.63, 3.8) is 0 Å². The quantitative estimate of drug-likeness (QED) is 0.878. The number of carbonyl (C=O) groups excluding carboxylic acids is 1. The number of aliphatic carboxylic acids is 1. The fraction of sp³-hybridized carbons (Fsp3) is 0.471. The number of aromatic nitrogens is 2. The van der Waals surface area contributed by atoms with Crippen LogP contribution >= 0.6 is 0 Å². The summed E-state index contributed by atoms with van der Waals surface area (Å²) in [7, 11) is 0. The molecule has 2 fully saturated rings. The number of aromatic amines is 1. The van der Waals surface area contributed by atoms with Crippen LogP contribution in [-0.4, -0.2) is 58.2 Å². The highest BCUT2D eigenvalue weighted by molar-refractivity contribution is 5.88. The number of carbonyl (C=O) groups is 2. The normalized spacial score (nSPS) is 26.5. The van der Waals surface area contributed by atoms with Gasteiger partial charge in [0.1, 0.15) is 5.65 Å². The third-order valence-corrected chi connectivity index (χ3v) is 5.36. The molecule has 4 rings (SSSR count). The lowest BCUT2D eigenvalue weighted by atomic mass is 9.74. The number of amides is 1. The van der Waals surface area contributed by atoms with Gasteiger partial charge in [0, 0.05) is 43.4 Å². The summed E-state index contributed by atoms with van der Waals surface area (Å²) in [6, 6.07) is 3.77. The van der Waals surface area contributed by atoms with Crippen LogP contribution < -0.4 is 0 Å². The SMILES string of the molecule is O=C(Cc1c[nH]c2ncccc12)N1C[C@H]2COCC[C@@]2(C(=O)O)C1. The number of carboxylic acids is 1. The molecule has 0 radical (unpaired) electrons. The highest BCUT2D eigenvalue weighted by Gasteiger charge is 2.54. The van der Waals surface area contributed by atoms with Gasteiger partial charge in [-0.25, -0.2) is 4.98 Å². The van der Waals surface area contributed by atoms with E-state index in [-0.39, 0.29) is 24.8 Å². The second-order valence-electron chi connectivity index (χ2n) is 6.65. The standard InChI is InChI=1S/C17H19N3O4/c21-14(6-11-7-19-15-13(11)2-1-4-18-15)20-8-12-9-24-5-3-17(12,10-20)16(22)23/h1-2,4,7,12H,3,5-6,8-10H2,(H,18,19)(H,22,23)/t12-,17+/m0/s1. The number of fused-ring (bicyclic) bond motifs is 2. The summed E-state index contributed by atoms with van der Waals surface area (Å²) >= 11 is 0. The number of carboxylic acid groups (broad SMARTS) is 1. The molecule has 0 aliphatic carbocycles. The van der Waals surface area contributed by atoms with Crippen LogP contribution in [-0.2, 0) is 20.7 Å². The predicted molar refractivity (Wildman–Crippen MR) is 85.4 cm³/mol. The second-order valence-corrected chi connectivity index (χ2v) is 6.65. The molecule has 7 nitrogen and oxygen atoms in total. The van der Waals surface area contributed by atoms with Gasteiger partial charge in [-0.15, -0.1) is 0 Å². The van der Waals surface area contributed by atoms with E-state index in [4.69, 9.17) is 4.74 Å². The highest BCUT2D eigenvalue weighted by atomic mass is 16.5. The summed E-state index contributed by atoms with van der Waals surface area (Å²) in [5.41, 5.74) is 0.791. The Hall–Kier alpha value is -2.41. The maximum absolute atomic E-state index is 12.7. The third-order valence-electron chi connectivity index (χ3n) is 5.36. The van der Waals surface area contributed by atoms with Crippen LogP contribution in [0.5, 0.6) is 0 Å². The van der Waals surface area contributed by atoms with Gasteiger partial charge in [0.25, 0.3) is 0 Å². The maximum Gasteiger partial charge on any atom is 0.311 e. The van der Waals surface area contributed by atoms with E-state index in [1.54, 1.807) is 17.3 Å². The van der Waals surface area contributed by atoms with Gasteiger partial charge in [-0.1, -0.05) is 0 Å². The monoisotopic (exact) mass is 329 g/mol. The number of hydrogen-bond acceptors (Lipinski definition) is 4. The summed E-state index contributed by atoms with van der Waals surface area (Å²) in [5, 5.41) is 10.6. The van der Waals surface area contributed by atoms with Crippen LogP contribution in [0, 0.1) is 11.3 Å². The summed E-state index contributed by atoms with van der Waals surface area (Å²) in [4.78, 5) is 33.5. The molecule has 2 aromatic heterocycles. The Morgan fingerprint density at radius 2 is 2.38 bits per heavy atom. The second kappa shape index (κ2) is 5.59. The smallest absolute Gasteiger partial charge is 0.311 e. The Kier molecular flexibility index (Phi) is 3.53. The number of nitrogens with one attached hydrogen (secondary N) is 1. The van der Waals surface area contributed by atoms with Crippen molar-refractivity contribution in [3.05, 3.63) is 30.1 Å². The molecular weight excluding hydrogens is 310 g/mol. The molecule has 126 valence electrons. The third kappa shape index (κ3) is 2.27. The van der Waals surface area contributed by atoms with Crippen molar-refractivity contribution in [1.29, 1.82) is 0 Å². The number of rotatable bonds is 3. The van der Waals surface area contributed by atoms with Crippen LogP contribution in [0.15, 0.2) is 24.5 Å². The Balaban J connectivity index is 1.54. The minimum atomic E-state index is -0.852. The van der Waals surface area contributed by atoms with E-state index in [9.17, 15) is 14.7 Å². The van der Waals surface area contributed by atoms with E-state index in [0.29, 0.717) is 26.2 Å². The van der Waals surface area contributed by atoms with Gasteiger partial charge >= 0.3 is 5.97 Å². The lowest BCUT2D eigenvalue weighted by Gasteiger charge is -2.33. The van der Waals surface area contributed by atoms with E-state index in [2.05, 4.69) is 9.97 Å². The zero-order valence-corrected chi connectivity index (χ0v) is 13.2. The zero-order valence-electron chi connectivity index (χ0n) is 13.2. The van der Waals surface area contributed by atoms with Crippen LogP contribution in [0.1, 0.15) is 12.0 Å². The molecule has 2 aliphatic rings. The number of ether oxygens (including phenoxy) is 1. The van der Waals surface area contributed by atoms with Crippen molar-refractivity contribution in [2.24, 2.45) is 11.3 Å². The van der Waals surface area contributed by atoms with Crippen LogP contribution in [0.3, 0.4) is 0 Å². The van der Waals surface area contributed by atoms with E-state index in [0.717, 1.165) is 16.6 Å². The average molecular weight is 329 g/mol. The van der Waals surface area contributed by atoms with E-state index in [1.807, 2.05) is 12.1 Å². The molecule has 0 unspecified atom stereocenters. The summed E-state index contributed by atoms with van der Waals surface area (Å²) < 4.78 is 5.44. The molecule has 0 spiro atoms. The molecule has 0 saturated carbocycles. The molecule has 1 amide bonds. The fourth-order valence-corrected chi connectivity index (χ4v) is 3.92. The van der Waals surface area contributed by atoms with Gasteiger partial charge in [0.2, 0.25) is 5.91 Å². The first kappa shape index (κ1) is 15.1. The summed E-state index contributed by atoms with van der Waals surface area (Å²) in [5.74, 6) is -0.991. The molecule has 4 heterocycles. The first-order valence-electron chi connectivity index (χ1n) is 8.10. The molecule has 0 bridgehead atoms. The van der Waals surface area contributed by atoms with Crippen molar-refractivity contribution in [1.82, 2.24) is 14.9 Å². The van der Waals surface area contributed by atoms with E-state index in [1.165, 1.54) is 0 Å². The molecule has 2 atom stereocenters. The fourth-order valence-electron chi connectivity index (χ4n) is 3.92. The van der Waals surface area contributed by atoms with Crippen molar-refractivity contribution in [2.75, 3.05) is 26.3 Å². The van der Waals surface area contributed by atoms with Gasteiger partial charge in [-0.3, -0.25) is 9.59 Å². The Labute approximate surface area is 138 Å². The van der Waals surface area contributed by atoms with E-state index < -0.39 is 11.4 Å². The van der Waals surface area contributed by atoms with Gasteiger partial charge in [0.05, 0.1) is 18.4 Å². The first-order chi connectivity index (χ1) is 11.6. The van der Waals surface area contributed by atoms with Crippen LogP contribution in [0.4, 0.5) is 0 Å². The van der Waals surface area contributed by atoms with Gasteiger partial charge in [-0.2, -0.15) is 0 Å². The first-order valence-corrected chi connectivity index (χ1v) is 8.10. The summed E-state index contributed by atoms with van der Waals surface area (Å²) in [6.45, 7) is 1.58. The maximum atomic E-state index is 12.7. The molecule has 2 aliphatic heterocycles. The molecule has 0 aromatic carbocycles. The van der Waals surface area contributed by atoms with Crippen LogP contribution in [0.25, 0.3) is 11.0 Å². The molecular formula is C17H19N3O4. The number of nitrogens with zero attached hydrogens (tertiary/aromatic N) is 2. The number of pyridine rings is 1. The Bertz CT molecular complexity index is 802. The van der Waals surface area contributed by atoms with Crippen LogP contribution in [0.2, 0.25) is 0 Å². The van der Waals surface area contributed by atoms with Gasteiger partial charge in [0.15, 0.2) is 0 Å². The van der Waals surface area contributed by atoms with Crippen molar-refractivity contribution in [3.8, 4) is 0 Å².